The fraction of sp³-hybridized carbons (Fsp3) is 0.727. The number of esters is 1. The zero-order valence-electron chi connectivity index (χ0n) is 10.7. The van der Waals surface area contributed by atoms with Crippen LogP contribution in [0.5, 0.6) is 0 Å². The monoisotopic (exact) mass is 400 g/mol. The summed E-state index contributed by atoms with van der Waals surface area (Å²) in [6, 6.07) is -0.637. The molecule has 0 rings (SSSR count). The first-order chi connectivity index (χ1) is 9.04. The first-order valence-electron chi connectivity index (χ1n) is 5.81. The van der Waals surface area contributed by atoms with Crippen LogP contribution in [0.25, 0.3) is 0 Å². The summed E-state index contributed by atoms with van der Waals surface area (Å²) in [5.41, 5.74) is 0. The van der Waals surface area contributed by atoms with E-state index in [9.17, 15) is 14.4 Å². The van der Waals surface area contributed by atoms with Crippen molar-refractivity contribution < 1.29 is 19.1 Å². The molecule has 110 valence electrons. The Morgan fingerprint density at radius 2 is 1.74 bits per heavy atom. The molecule has 2 N–H and O–H groups in total. The van der Waals surface area contributed by atoms with E-state index >= 15 is 0 Å². The Morgan fingerprint density at radius 3 is 2.26 bits per heavy atom. The molecule has 8 heteroatoms. The van der Waals surface area contributed by atoms with Crippen molar-refractivity contribution in [2.45, 2.75) is 25.3 Å². The average molecular weight is 402 g/mol. The number of amides is 2. The number of methoxy groups -OCH3 is 1. The smallest absolute Gasteiger partial charge is 0.328 e. The lowest BCUT2D eigenvalue weighted by molar-refractivity contribution is -0.145. The maximum Gasteiger partial charge on any atom is 0.328 e. The molecule has 0 saturated heterocycles. The second-order valence-electron chi connectivity index (χ2n) is 3.76. The lowest BCUT2D eigenvalue weighted by Gasteiger charge is -2.15. The Labute approximate surface area is 129 Å². The number of rotatable bonds is 9. The van der Waals surface area contributed by atoms with Crippen LogP contribution in [-0.2, 0) is 19.1 Å². The molecule has 2 amide bonds. The highest BCUT2D eigenvalue weighted by atomic mass is 79.9. The molecular formula is C11H18Br2N2O4. The van der Waals surface area contributed by atoms with Gasteiger partial charge in [0.2, 0.25) is 11.8 Å². The highest BCUT2D eigenvalue weighted by Crippen LogP contribution is 2.03. The second-order valence-corrected chi connectivity index (χ2v) is 4.88. The van der Waals surface area contributed by atoms with Gasteiger partial charge in [-0.2, -0.15) is 0 Å². The molecular weight excluding hydrogens is 384 g/mol. The van der Waals surface area contributed by atoms with E-state index in [4.69, 9.17) is 0 Å². The standard InChI is InChI=1S/C11H18Br2N2O4/c1-19-11(18)8(15-10(17)7-13)4-2-3-5-14-9(16)6-12/h8H,2-7H2,1H3,(H,14,16)(H,15,17)/t8-/m0/s1. The van der Waals surface area contributed by atoms with Gasteiger partial charge in [-0.25, -0.2) is 4.79 Å². The summed E-state index contributed by atoms with van der Waals surface area (Å²) in [7, 11) is 1.28. The van der Waals surface area contributed by atoms with Gasteiger partial charge in [0.15, 0.2) is 0 Å². The number of nitrogens with one attached hydrogen (secondary N) is 2. The number of ether oxygens (including phenoxy) is 1. The van der Waals surface area contributed by atoms with Crippen LogP contribution in [0.15, 0.2) is 0 Å². The molecule has 0 bridgehead atoms. The molecule has 1 atom stereocenters. The van der Waals surface area contributed by atoms with Crippen molar-refractivity contribution in [2.75, 3.05) is 24.3 Å². The van der Waals surface area contributed by atoms with Crippen LogP contribution in [0.3, 0.4) is 0 Å². The van der Waals surface area contributed by atoms with E-state index in [0.29, 0.717) is 19.4 Å². The zero-order chi connectivity index (χ0) is 14.7. The maximum atomic E-state index is 11.5. The van der Waals surface area contributed by atoms with Gasteiger partial charge in [0.05, 0.1) is 17.8 Å². The molecule has 19 heavy (non-hydrogen) atoms. The summed E-state index contributed by atoms with van der Waals surface area (Å²) in [6.07, 6.45) is 1.91. The third kappa shape index (κ3) is 8.99. The molecule has 0 spiro atoms. The van der Waals surface area contributed by atoms with Crippen molar-refractivity contribution in [3.63, 3.8) is 0 Å². The molecule has 0 unspecified atom stereocenters. The van der Waals surface area contributed by atoms with Crippen LogP contribution in [0.2, 0.25) is 0 Å². The zero-order valence-corrected chi connectivity index (χ0v) is 13.9. The SMILES string of the molecule is COC(=O)[C@H](CCCCNC(=O)CBr)NC(=O)CBr. The van der Waals surface area contributed by atoms with Gasteiger partial charge in [0.1, 0.15) is 6.04 Å². The van der Waals surface area contributed by atoms with E-state index in [0.717, 1.165) is 6.42 Å². The van der Waals surface area contributed by atoms with Crippen LogP contribution in [0, 0.1) is 0 Å². The lowest BCUT2D eigenvalue weighted by Crippen LogP contribution is -2.42. The Hall–Kier alpha value is -0.630. The molecule has 0 aliphatic carbocycles. The summed E-state index contributed by atoms with van der Waals surface area (Å²) >= 11 is 6.06. The number of unbranched alkanes of at least 4 members (excludes halogenated alkanes) is 1. The van der Waals surface area contributed by atoms with E-state index in [1.807, 2.05) is 0 Å². The minimum absolute atomic E-state index is 0.0721. The van der Waals surface area contributed by atoms with Gasteiger partial charge in [-0.05, 0) is 19.3 Å². The Balaban J connectivity index is 3.96. The first-order valence-corrected chi connectivity index (χ1v) is 8.05. The van der Waals surface area contributed by atoms with Crippen LogP contribution in [-0.4, -0.2) is 48.1 Å². The molecule has 0 fully saturated rings. The molecule has 6 nitrogen and oxygen atoms in total. The van der Waals surface area contributed by atoms with E-state index in [-0.39, 0.29) is 22.5 Å². The Bertz CT molecular complexity index is 313. The second kappa shape index (κ2) is 11.2. The van der Waals surface area contributed by atoms with E-state index < -0.39 is 12.0 Å². The van der Waals surface area contributed by atoms with Gasteiger partial charge in [-0.1, -0.05) is 31.9 Å². The third-order valence-corrected chi connectivity index (χ3v) is 3.32. The van der Waals surface area contributed by atoms with Crippen LogP contribution >= 0.6 is 31.9 Å². The average Bonchev–Trinajstić information content (AvgIpc) is 2.43. The normalized spacial score (nSPS) is 11.5. The van der Waals surface area contributed by atoms with Crippen molar-refractivity contribution in [1.29, 1.82) is 0 Å². The van der Waals surface area contributed by atoms with Crippen molar-refractivity contribution in [1.82, 2.24) is 10.6 Å². The van der Waals surface area contributed by atoms with E-state index in [1.165, 1.54) is 7.11 Å². The van der Waals surface area contributed by atoms with Crippen LogP contribution < -0.4 is 10.6 Å². The van der Waals surface area contributed by atoms with E-state index in [1.54, 1.807) is 0 Å². The topological polar surface area (TPSA) is 84.5 Å². The summed E-state index contributed by atoms with van der Waals surface area (Å²) in [5.74, 6) is -0.793. The third-order valence-electron chi connectivity index (χ3n) is 2.31. The van der Waals surface area contributed by atoms with Crippen molar-refractivity contribution in [3.05, 3.63) is 0 Å². The van der Waals surface area contributed by atoms with Crippen LogP contribution in [0.4, 0.5) is 0 Å². The van der Waals surface area contributed by atoms with Gasteiger partial charge in [0, 0.05) is 6.54 Å². The lowest BCUT2D eigenvalue weighted by atomic mass is 10.1. The van der Waals surface area contributed by atoms with Crippen LogP contribution in [0.1, 0.15) is 19.3 Å². The fourth-order valence-corrected chi connectivity index (χ4v) is 1.73. The minimum atomic E-state index is -0.637. The van der Waals surface area contributed by atoms with Crippen molar-refractivity contribution in [2.24, 2.45) is 0 Å². The molecule has 0 heterocycles. The number of carbonyl (C=O) groups excluding carboxylic acids is 3. The van der Waals surface area contributed by atoms with Gasteiger partial charge >= 0.3 is 5.97 Å². The Morgan fingerprint density at radius 1 is 1.11 bits per heavy atom. The highest BCUT2D eigenvalue weighted by Gasteiger charge is 2.20. The molecule has 0 aromatic carbocycles. The molecule has 0 aliphatic heterocycles. The number of hydrogen-bond acceptors (Lipinski definition) is 4. The quantitative estimate of drug-likeness (QED) is 0.338. The number of halogens is 2. The minimum Gasteiger partial charge on any atom is -0.467 e. The predicted octanol–water partition coefficient (Wildman–Crippen LogP) is 0.721. The largest absolute Gasteiger partial charge is 0.467 e. The Kier molecular flexibility index (Phi) is 10.8. The summed E-state index contributed by atoms with van der Waals surface area (Å²) < 4.78 is 4.63. The highest BCUT2D eigenvalue weighted by molar-refractivity contribution is 9.09. The maximum absolute atomic E-state index is 11.5. The van der Waals surface area contributed by atoms with Crippen molar-refractivity contribution in [3.8, 4) is 0 Å². The molecule has 0 aromatic heterocycles. The van der Waals surface area contributed by atoms with E-state index in [2.05, 4.69) is 47.2 Å². The summed E-state index contributed by atoms with van der Waals surface area (Å²) in [5, 5.41) is 5.69. The fourth-order valence-electron chi connectivity index (χ4n) is 1.37. The number of carbonyl (C=O) groups is 3. The number of alkyl halides is 2. The summed E-state index contributed by atoms with van der Waals surface area (Å²) in [4.78, 5) is 33.6. The molecule has 0 radical (unpaired) electrons. The molecule has 0 aliphatic rings. The van der Waals surface area contributed by atoms with Crippen molar-refractivity contribution >= 4 is 49.6 Å². The first kappa shape index (κ1) is 18.4. The van der Waals surface area contributed by atoms with Gasteiger partial charge < -0.3 is 15.4 Å². The predicted molar refractivity (Wildman–Crippen MR) is 78.4 cm³/mol. The van der Waals surface area contributed by atoms with Gasteiger partial charge in [-0.3, -0.25) is 9.59 Å². The summed E-state index contributed by atoms with van der Waals surface area (Å²) in [6.45, 7) is 0.546. The number of hydrogen-bond donors (Lipinski definition) is 2. The molecule has 0 saturated carbocycles. The molecule has 0 aromatic rings. The van der Waals surface area contributed by atoms with Gasteiger partial charge in [-0.15, -0.1) is 0 Å². The van der Waals surface area contributed by atoms with Gasteiger partial charge in [0.25, 0.3) is 0 Å².